The number of hydrogen-bond donors (Lipinski definition) is 3. The van der Waals surface area contributed by atoms with E-state index in [-0.39, 0.29) is 12.0 Å². The van der Waals surface area contributed by atoms with E-state index in [0.29, 0.717) is 30.2 Å². The number of thiazole rings is 1. The van der Waals surface area contributed by atoms with E-state index in [2.05, 4.69) is 20.9 Å². The molecule has 0 bridgehead atoms. The molecule has 0 saturated carbocycles. The highest BCUT2D eigenvalue weighted by Gasteiger charge is 2.23. The summed E-state index contributed by atoms with van der Waals surface area (Å²) in [5.74, 6) is -1.05. The Balaban J connectivity index is 1.64. The minimum absolute atomic E-state index is 0.102. The molecule has 11 nitrogen and oxygen atoms in total. The van der Waals surface area contributed by atoms with Gasteiger partial charge in [-0.2, -0.15) is 0 Å². The summed E-state index contributed by atoms with van der Waals surface area (Å²) in [6.45, 7) is 5.65. The molecule has 0 aliphatic rings. The maximum atomic E-state index is 13.2. The quantitative estimate of drug-likeness (QED) is 0.294. The number of ether oxygens (including phenoxy) is 1. The van der Waals surface area contributed by atoms with Crippen LogP contribution in [0.3, 0.4) is 0 Å². The topological polar surface area (TPSA) is 148 Å². The van der Waals surface area contributed by atoms with E-state index in [1.54, 1.807) is 20.8 Å². The van der Waals surface area contributed by atoms with Gasteiger partial charge in [-0.25, -0.2) is 18.2 Å². The molecular formula is C26H33N5O6S2. The lowest BCUT2D eigenvalue weighted by atomic mass is 10.1. The Hall–Kier alpha value is -3.71. The first-order valence-electron chi connectivity index (χ1n) is 12.3. The number of unbranched alkanes of at least 4 members (excludes halogenated alkanes) is 1. The summed E-state index contributed by atoms with van der Waals surface area (Å²) in [5, 5.41) is 10.3. The molecule has 210 valence electrons. The second-order valence-corrected chi connectivity index (χ2v) is 12.6. The van der Waals surface area contributed by atoms with Gasteiger partial charge in [0.05, 0.1) is 17.5 Å². The number of benzene rings is 1. The van der Waals surface area contributed by atoms with Crippen molar-refractivity contribution in [2.75, 3.05) is 18.1 Å². The minimum Gasteiger partial charge on any atom is -0.444 e. The first-order chi connectivity index (χ1) is 18.3. The lowest BCUT2D eigenvalue weighted by molar-refractivity contribution is -0.118. The molecule has 3 rings (SSSR count). The van der Waals surface area contributed by atoms with Gasteiger partial charge < -0.3 is 20.7 Å². The van der Waals surface area contributed by atoms with Crippen LogP contribution >= 0.6 is 11.3 Å². The first-order valence-corrected chi connectivity index (χ1v) is 15.0. The van der Waals surface area contributed by atoms with Gasteiger partial charge >= 0.3 is 6.09 Å². The number of carbonyl (C=O) groups is 3. The van der Waals surface area contributed by atoms with Crippen LogP contribution in [-0.2, 0) is 19.6 Å². The molecule has 0 unspecified atom stereocenters. The molecule has 1 atom stereocenters. The van der Waals surface area contributed by atoms with Gasteiger partial charge in [-0.15, -0.1) is 11.3 Å². The number of hydrogen-bond acceptors (Lipinski definition) is 8. The van der Waals surface area contributed by atoms with Crippen molar-refractivity contribution >= 4 is 44.4 Å². The van der Waals surface area contributed by atoms with Crippen LogP contribution < -0.4 is 16.0 Å². The maximum absolute atomic E-state index is 13.2. The standard InChI is InChI=1S/C26H33N5O6S2/c1-26(2,3)37-25(34)27-14-9-8-12-20(28-22(32)19-13-15-31(16-19)39(4,35)36)23(33)30-24-29-21(17-38-24)18-10-6-5-7-11-18/h5-7,10-11,13,15-17,20H,8-9,12,14H2,1-4H3,(H,27,34)(H,28,32)(H,29,30,33)/t20-/m0/s1. The monoisotopic (exact) mass is 575 g/mol. The number of nitrogens with zero attached hydrogens (tertiary/aromatic N) is 2. The van der Waals surface area contributed by atoms with Crippen LogP contribution in [0, 0.1) is 0 Å². The predicted octanol–water partition coefficient (Wildman–Crippen LogP) is 3.85. The maximum Gasteiger partial charge on any atom is 0.407 e. The number of nitrogens with one attached hydrogen (secondary N) is 3. The average Bonchev–Trinajstić information content (AvgIpc) is 3.53. The van der Waals surface area contributed by atoms with Crippen molar-refractivity contribution in [3.05, 3.63) is 59.7 Å². The zero-order valence-corrected chi connectivity index (χ0v) is 23.9. The van der Waals surface area contributed by atoms with Gasteiger partial charge in [0.2, 0.25) is 15.9 Å². The molecule has 0 fully saturated rings. The number of rotatable bonds is 11. The predicted molar refractivity (Wildman–Crippen MR) is 150 cm³/mol. The molecule has 0 aliphatic heterocycles. The van der Waals surface area contributed by atoms with Crippen molar-refractivity contribution in [2.45, 2.75) is 51.7 Å². The molecule has 3 aromatic rings. The third-order valence-electron chi connectivity index (χ3n) is 5.33. The molecule has 0 radical (unpaired) electrons. The Morgan fingerprint density at radius 3 is 2.46 bits per heavy atom. The first kappa shape index (κ1) is 29.8. The summed E-state index contributed by atoms with van der Waals surface area (Å²) in [6, 6.07) is 9.96. The van der Waals surface area contributed by atoms with E-state index in [0.717, 1.165) is 15.8 Å². The lowest BCUT2D eigenvalue weighted by Gasteiger charge is -2.20. The van der Waals surface area contributed by atoms with Crippen LogP contribution in [0.2, 0.25) is 0 Å². The van der Waals surface area contributed by atoms with Crippen LogP contribution in [-0.4, -0.2) is 59.7 Å². The highest BCUT2D eigenvalue weighted by Crippen LogP contribution is 2.25. The van der Waals surface area contributed by atoms with E-state index in [1.807, 2.05) is 35.7 Å². The van der Waals surface area contributed by atoms with E-state index < -0.39 is 39.6 Å². The minimum atomic E-state index is -3.56. The van der Waals surface area contributed by atoms with E-state index in [4.69, 9.17) is 4.74 Å². The van der Waals surface area contributed by atoms with Gasteiger partial charge in [0.1, 0.15) is 11.6 Å². The smallest absolute Gasteiger partial charge is 0.407 e. The third-order valence-corrected chi connectivity index (χ3v) is 7.08. The van der Waals surface area contributed by atoms with Crippen LogP contribution in [0.1, 0.15) is 50.4 Å². The molecular weight excluding hydrogens is 542 g/mol. The van der Waals surface area contributed by atoms with Crippen molar-refractivity contribution in [3.8, 4) is 11.3 Å². The van der Waals surface area contributed by atoms with Gasteiger partial charge in [0, 0.05) is 29.9 Å². The van der Waals surface area contributed by atoms with Crippen molar-refractivity contribution in [1.29, 1.82) is 0 Å². The Morgan fingerprint density at radius 1 is 1.10 bits per heavy atom. The molecule has 0 aliphatic carbocycles. The third kappa shape index (κ3) is 9.52. The molecule has 2 heterocycles. The lowest BCUT2D eigenvalue weighted by Crippen LogP contribution is -2.43. The van der Waals surface area contributed by atoms with Crippen LogP contribution in [0.5, 0.6) is 0 Å². The molecule has 13 heteroatoms. The fourth-order valence-corrected chi connectivity index (χ4v) is 4.78. The molecule has 3 amide bonds. The molecule has 0 saturated heterocycles. The summed E-state index contributed by atoms with van der Waals surface area (Å²) < 4.78 is 29.7. The number of amides is 3. The molecule has 1 aromatic carbocycles. The van der Waals surface area contributed by atoms with Crippen molar-refractivity contribution in [2.24, 2.45) is 0 Å². The second kappa shape index (κ2) is 12.9. The van der Waals surface area contributed by atoms with Crippen molar-refractivity contribution < 1.29 is 27.5 Å². The van der Waals surface area contributed by atoms with Gasteiger partial charge in [-0.05, 0) is 46.1 Å². The zero-order valence-electron chi connectivity index (χ0n) is 22.3. The van der Waals surface area contributed by atoms with Gasteiger partial charge in [0.25, 0.3) is 5.91 Å². The summed E-state index contributed by atoms with van der Waals surface area (Å²) in [6.07, 6.45) is 4.27. The number of aromatic nitrogens is 2. The van der Waals surface area contributed by atoms with E-state index >= 15 is 0 Å². The number of carbonyl (C=O) groups excluding carboxylic acids is 3. The molecule has 39 heavy (non-hydrogen) atoms. The molecule has 3 N–H and O–H groups in total. The fraction of sp³-hybridized carbons (Fsp3) is 0.385. The van der Waals surface area contributed by atoms with Gasteiger partial charge in [-0.1, -0.05) is 30.3 Å². The highest BCUT2D eigenvalue weighted by molar-refractivity contribution is 7.89. The Kier molecular flexibility index (Phi) is 9.86. The van der Waals surface area contributed by atoms with E-state index in [1.165, 1.54) is 29.8 Å². The number of alkyl carbamates (subject to hydrolysis) is 1. The summed E-state index contributed by atoms with van der Waals surface area (Å²) in [7, 11) is -3.56. The Bertz CT molecular complexity index is 1390. The molecule has 2 aromatic heterocycles. The van der Waals surface area contributed by atoms with Gasteiger partial charge in [0.15, 0.2) is 5.13 Å². The highest BCUT2D eigenvalue weighted by atomic mass is 32.2. The van der Waals surface area contributed by atoms with Gasteiger partial charge in [-0.3, -0.25) is 13.6 Å². The Morgan fingerprint density at radius 2 is 1.82 bits per heavy atom. The zero-order chi connectivity index (χ0) is 28.6. The summed E-state index contributed by atoms with van der Waals surface area (Å²) in [4.78, 5) is 42.3. The fourth-order valence-electron chi connectivity index (χ4n) is 3.47. The summed E-state index contributed by atoms with van der Waals surface area (Å²) >= 11 is 1.26. The molecule has 0 spiro atoms. The SMILES string of the molecule is CC(C)(C)OC(=O)NCCCC[C@H](NC(=O)c1ccn(S(C)(=O)=O)c1)C(=O)Nc1nc(-c2ccccc2)cs1. The van der Waals surface area contributed by atoms with E-state index in [9.17, 15) is 22.8 Å². The van der Waals surface area contributed by atoms with Crippen molar-refractivity contribution in [1.82, 2.24) is 19.6 Å². The van der Waals surface area contributed by atoms with Crippen molar-refractivity contribution in [3.63, 3.8) is 0 Å². The van der Waals surface area contributed by atoms with Crippen LogP contribution in [0.15, 0.2) is 54.2 Å². The largest absolute Gasteiger partial charge is 0.444 e. The van der Waals surface area contributed by atoms with Crippen LogP contribution in [0.25, 0.3) is 11.3 Å². The van der Waals surface area contributed by atoms with Crippen LogP contribution in [0.4, 0.5) is 9.93 Å². The average molecular weight is 576 g/mol. The summed E-state index contributed by atoms with van der Waals surface area (Å²) in [5.41, 5.74) is 1.12. The second-order valence-electron chi connectivity index (χ2n) is 9.84. The Labute approximate surface area is 232 Å². The number of anilines is 1. The normalized spacial score (nSPS) is 12.4.